The Morgan fingerprint density at radius 1 is 1.22 bits per heavy atom. The summed E-state index contributed by atoms with van der Waals surface area (Å²) >= 11 is 0. The van der Waals surface area contributed by atoms with Gasteiger partial charge >= 0.3 is 0 Å². The maximum Gasteiger partial charge on any atom is 0.130 e. The Hall–Kier alpha value is -1.00. The van der Waals surface area contributed by atoms with Crippen LogP contribution in [-0.2, 0) is 6.54 Å². The zero-order chi connectivity index (χ0) is 13.7. The highest BCUT2D eigenvalue weighted by molar-refractivity contribution is 5.19. The van der Waals surface area contributed by atoms with Crippen LogP contribution in [-0.4, -0.2) is 24.5 Å². The van der Waals surface area contributed by atoms with Gasteiger partial charge in [0.1, 0.15) is 11.6 Å². The van der Waals surface area contributed by atoms with Crippen molar-refractivity contribution in [2.45, 2.75) is 32.9 Å². The van der Waals surface area contributed by atoms with E-state index in [4.69, 9.17) is 5.73 Å². The maximum absolute atomic E-state index is 13.4. The molecule has 1 unspecified atom stereocenters. The predicted octanol–water partition coefficient (Wildman–Crippen LogP) is 2.77. The number of hydrogen-bond donors (Lipinski definition) is 1. The summed E-state index contributed by atoms with van der Waals surface area (Å²) in [7, 11) is 1.85. The second-order valence-electron chi connectivity index (χ2n) is 5.13. The highest BCUT2D eigenvalue weighted by atomic mass is 19.1. The average molecular weight is 256 g/mol. The van der Waals surface area contributed by atoms with Gasteiger partial charge in [-0.3, -0.25) is 0 Å². The summed E-state index contributed by atoms with van der Waals surface area (Å²) in [6.07, 6.45) is 0.824. The molecule has 0 amide bonds. The smallest absolute Gasteiger partial charge is 0.130 e. The molecule has 1 rings (SSSR count). The molecule has 0 fully saturated rings. The normalized spacial score (nSPS) is 13.3. The van der Waals surface area contributed by atoms with Crippen LogP contribution in [0.5, 0.6) is 0 Å². The predicted molar refractivity (Wildman–Crippen MR) is 70.1 cm³/mol. The molecule has 1 aromatic carbocycles. The number of halogens is 2. The number of nitrogens with two attached hydrogens (primary N) is 1. The van der Waals surface area contributed by atoms with E-state index in [-0.39, 0.29) is 18.2 Å². The molecule has 0 aliphatic rings. The summed E-state index contributed by atoms with van der Waals surface area (Å²) in [5.41, 5.74) is 6.07. The maximum atomic E-state index is 13.4. The number of hydrogen-bond acceptors (Lipinski definition) is 2. The van der Waals surface area contributed by atoms with E-state index in [1.54, 1.807) is 0 Å². The number of rotatable bonds is 6. The second kappa shape index (κ2) is 6.81. The highest BCUT2D eigenvalue weighted by Gasteiger charge is 2.13. The van der Waals surface area contributed by atoms with Gasteiger partial charge in [-0.05, 0) is 38.1 Å². The van der Waals surface area contributed by atoms with Crippen molar-refractivity contribution < 1.29 is 8.78 Å². The second-order valence-corrected chi connectivity index (χ2v) is 5.13. The van der Waals surface area contributed by atoms with Crippen molar-refractivity contribution in [1.29, 1.82) is 0 Å². The van der Waals surface area contributed by atoms with Crippen molar-refractivity contribution in [3.63, 3.8) is 0 Å². The van der Waals surface area contributed by atoms with Gasteiger partial charge in [0.2, 0.25) is 0 Å². The van der Waals surface area contributed by atoms with E-state index in [0.29, 0.717) is 5.92 Å². The Morgan fingerprint density at radius 3 is 2.28 bits per heavy atom. The van der Waals surface area contributed by atoms with E-state index in [1.807, 2.05) is 11.9 Å². The minimum Gasteiger partial charge on any atom is -0.327 e. The molecule has 0 spiro atoms. The third-order valence-corrected chi connectivity index (χ3v) is 3.19. The molecule has 0 saturated heterocycles. The molecule has 0 aromatic heterocycles. The molecule has 2 N–H and O–H groups in total. The fourth-order valence-corrected chi connectivity index (χ4v) is 1.74. The quantitative estimate of drug-likeness (QED) is 0.848. The lowest BCUT2D eigenvalue weighted by Crippen LogP contribution is -2.32. The van der Waals surface area contributed by atoms with Crippen molar-refractivity contribution in [3.05, 3.63) is 35.4 Å². The van der Waals surface area contributed by atoms with Gasteiger partial charge in [0, 0.05) is 18.2 Å². The first kappa shape index (κ1) is 15.1. The largest absolute Gasteiger partial charge is 0.327 e. The molecule has 2 nitrogen and oxygen atoms in total. The Balaban J connectivity index is 2.52. The first-order chi connectivity index (χ1) is 8.41. The Bertz CT molecular complexity index is 360. The third-order valence-electron chi connectivity index (χ3n) is 3.19. The zero-order valence-electron chi connectivity index (χ0n) is 11.3. The summed E-state index contributed by atoms with van der Waals surface area (Å²) in [5, 5.41) is 0. The van der Waals surface area contributed by atoms with Crippen LogP contribution in [0.15, 0.2) is 18.2 Å². The number of benzene rings is 1. The summed E-state index contributed by atoms with van der Waals surface area (Å²) in [5.74, 6) is -0.561. The molecule has 1 atom stereocenters. The molecule has 0 bridgehead atoms. The average Bonchev–Trinajstić information content (AvgIpc) is 2.30. The van der Waals surface area contributed by atoms with Gasteiger partial charge in [0.25, 0.3) is 0 Å². The van der Waals surface area contributed by atoms with Gasteiger partial charge < -0.3 is 10.6 Å². The van der Waals surface area contributed by atoms with Crippen molar-refractivity contribution in [1.82, 2.24) is 4.90 Å². The summed E-state index contributed by atoms with van der Waals surface area (Å²) < 4.78 is 26.9. The van der Waals surface area contributed by atoms with Crippen molar-refractivity contribution in [3.8, 4) is 0 Å². The molecule has 4 heteroatoms. The highest BCUT2D eigenvalue weighted by Crippen LogP contribution is 2.14. The first-order valence-corrected chi connectivity index (χ1v) is 6.28. The van der Waals surface area contributed by atoms with Crippen LogP contribution >= 0.6 is 0 Å². The molecule has 0 aliphatic carbocycles. The zero-order valence-corrected chi connectivity index (χ0v) is 11.3. The van der Waals surface area contributed by atoms with Gasteiger partial charge in [-0.1, -0.05) is 19.9 Å². The van der Waals surface area contributed by atoms with E-state index in [2.05, 4.69) is 13.8 Å². The van der Waals surface area contributed by atoms with Gasteiger partial charge in [-0.15, -0.1) is 0 Å². The van der Waals surface area contributed by atoms with E-state index < -0.39 is 11.6 Å². The lowest BCUT2D eigenvalue weighted by molar-refractivity contribution is 0.288. The van der Waals surface area contributed by atoms with Gasteiger partial charge in [-0.2, -0.15) is 0 Å². The lowest BCUT2D eigenvalue weighted by Gasteiger charge is -2.21. The Labute approximate surface area is 108 Å². The Kier molecular flexibility index (Phi) is 5.69. The van der Waals surface area contributed by atoms with E-state index in [9.17, 15) is 8.78 Å². The summed E-state index contributed by atoms with van der Waals surface area (Å²) in [4.78, 5) is 1.89. The molecule has 1 aromatic rings. The topological polar surface area (TPSA) is 29.3 Å². The third kappa shape index (κ3) is 4.35. The van der Waals surface area contributed by atoms with Gasteiger partial charge in [-0.25, -0.2) is 8.78 Å². The van der Waals surface area contributed by atoms with Crippen LogP contribution in [0, 0.1) is 17.6 Å². The molecular weight excluding hydrogens is 234 g/mol. The van der Waals surface area contributed by atoms with E-state index in [1.165, 1.54) is 18.2 Å². The monoisotopic (exact) mass is 256 g/mol. The first-order valence-electron chi connectivity index (χ1n) is 6.28. The summed E-state index contributed by atoms with van der Waals surface area (Å²) in [6.45, 7) is 5.14. The lowest BCUT2D eigenvalue weighted by atomic mass is 10.0. The van der Waals surface area contributed by atoms with Crippen molar-refractivity contribution >= 4 is 0 Å². The molecule has 0 aliphatic heterocycles. The van der Waals surface area contributed by atoms with Gasteiger partial charge in [0.05, 0.1) is 0 Å². The molecule has 18 heavy (non-hydrogen) atoms. The fraction of sp³-hybridized carbons (Fsp3) is 0.571. The van der Waals surface area contributed by atoms with Crippen LogP contribution in [0.25, 0.3) is 0 Å². The summed E-state index contributed by atoms with van der Waals surface area (Å²) in [6, 6.07) is 4.07. The molecule has 0 heterocycles. The van der Waals surface area contributed by atoms with Crippen LogP contribution in [0.3, 0.4) is 0 Å². The number of nitrogens with zero attached hydrogens (tertiary/aromatic N) is 1. The van der Waals surface area contributed by atoms with E-state index in [0.717, 1.165) is 13.0 Å². The van der Waals surface area contributed by atoms with Crippen LogP contribution in [0.2, 0.25) is 0 Å². The standard InChI is InChI=1S/C14H22F2N2/c1-10(2)14(17)7-8-18(3)9-11-12(15)5-4-6-13(11)16/h4-6,10,14H,7-9,17H2,1-3H3. The Morgan fingerprint density at radius 2 is 1.78 bits per heavy atom. The minimum atomic E-state index is -0.491. The molecular formula is C14H22F2N2. The van der Waals surface area contributed by atoms with Gasteiger partial charge in [0.15, 0.2) is 0 Å². The van der Waals surface area contributed by atoms with E-state index >= 15 is 0 Å². The van der Waals surface area contributed by atoms with Crippen LogP contribution < -0.4 is 5.73 Å². The molecule has 0 saturated carbocycles. The molecule has 102 valence electrons. The van der Waals surface area contributed by atoms with Crippen LogP contribution in [0.4, 0.5) is 8.78 Å². The van der Waals surface area contributed by atoms with Crippen molar-refractivity contribution in [2.75, 3.05) is 13.6 Å². The van der Waals surface area contributed by atoms with Crippen molar-refractivity contribution in [2.24, 2.45) is 11.7 Å². The SMILES string of the molecule is CC(C)C(N)CCN(C)Cc1c(F)cccc1F. The molecule has 0 radical (unpaired) electrons. The fourth-order valence-electron chi connectivity index (χ4n) is 1.74. The minimum absolute atomic E-state index is 0.123. The van der Waals surface area contributed by atoms with Crippen LogP contribution in [0.1, 0.15) is 25.8 Å².